The highest BCUT2D eigenvalue weighted by atomic mass is 35.5. The molecule has 0 aliphatic carbocycles. The molecule has 1 aromatic carbocycles. The van der Waals surface area contributed by atoms with E-state index in [0.717, 1.165) is 44.1 Å². The largest absolute Gasteiger partial charge is 0.416 e. The van der Waals surface area contributed by atoms with Crippen molar-refractivity contribution in [1.29, 1.82) is 0 Å². The number of piperazine rings is 1. The summed E-state index contributed by atoms with van der Waals surface area (Å²) in [5.41, 5.74) is -0.232. The highest BCUT2D eigenvalue weighted by Gasteiger charge is 2.30. The molecule has 0 bridgehead atoms. The number of halogens is 4. The van der Waals surface area contributed by atoms with E-state index in [0.29, 0.717) is 23.0 Å². The number of pyridine rings is 1. The van der Waals surface area contributed by atoms with E-state index in [1.807, 2.05) is 12.1 Å². The molecule has 10 heteroatoms. The molecular weight excluding hydrogens is 407 g/mol. The molecule has 0 saturated carbocycles. The predicted octanol–water partition coefficient (Wildman–Crippen LogP) is 4.13. The van der Waals surface area contributed by atoms with Crippen molar-refractivity contribution >= 4 is 17.4 Å². The summed E-state index contributed by atoms with van der Waals surface area (Å²) in [6.07, 6.45) is -2.74. The van der Waals surface area contributed by atoms with Crippen molar-refractivity contribution in [1.82, 2.24) is 20.0 Å². The summed E-state index contributed by atoms with van der Waals surface area (Å²) >= 11 is 5.88. The quantitative estimate of drug-likeness (QED) is 0.629. The number of hydrogen-bond acceptors (Lipinski definition) is 6. The molecule has 3 heterocycles. The molecule has 4 rings (SSSR count). The van der Waals surface area contributed by atoms with Crippen LogP contribution in [-0.4, -0.2) is 46.2 Å². The van der Waals surface area contributed by atoms with Gasteiger partial charge in [0.2, 0.25) is 11.7 Å². The highest BCUT2D eigenvalue weighted by molar-refractivity contribution is 6.30. The number of rotatable bonds is 4. The summed E-state index contributed by atoms with van der Waals surface area (Å²) in [5, 5.41) is 4.49. The van der Waals surface area contributed by atoms with Gasteiger partial charge in [0, 0.05) is 37.9 Å². The fourth-order valence-corrected chi connectivity index (χ4v) is 3.24. The van der Waals surface area contributed by atoms with Crippen molar-refractivity contribution in [2.45, 2.75) is 12.7 Å². The Bertz CT molecular complexity index is 951. The fraction of sp³-hybridized carbons (Fsp3) is 0.316. The summed E-state index contributed by atoms with van der Waals surface area (Å²) in [7, 11) is 0. The van der Waals surface area contributed by atoms with Gasteiger partial charge in [-0.3, -0.25) is 4.90 Å². The van der Waals surface area contributed by atoms with Crippen LogP contribution in [0.3, 0.4) is 0 Å². The number of alkyl halides is 3. The predicted molar refractivity (Wildman–Crippen MR) is 101 cm³/mol. The third-order valence-corrected chi connectivity index (χ3v) is 4.93. The van der Waals surface area contributed by atoms with Crippen LogP contribution in [0.4, 0.5) is 19.0 Å². The normalized spacial score (nSPS) is 15.7. The molecule has 2 aromatic heterocycles. The molecule has 0 amide bonds. The van der Waals surface area contributed by atoms with Gasteiger partial charge in [-0.2, -0.15) is 18.2 Å². The molecule has 1 saturated heterocycles. The van der Waals surface area contributed by atoms with Gasteiger partial charge < -0.3 is 9.42 Å². The number of aromatic nitrogens is 3. The molecule has 0 spiro atoms. The first-order valence-electron chi connectivity index (χ1n) is 8.97. The minimum absolute atomic E-state index is 0.276. The Morgan fingerprint density at radius 3 is 2.34 bits per heavy atom. The third kappa shape index (κ3) is 4.68. The van der Waals surface area contributed by atoms with Gasteiger partial charge in [-0.1, -0.05) is 28.9 Å². The maximum atomic E-state index is 12.7. The van der Waals surface area contributed by atoms with Crippen LogP contribution in [0.2, 0.25) is 5.02 Å². The number of nitrogens with zero attached hydrogens (tertiary/aromatic N) is 5. The van der Waals surface area contributed by atoms with Gasteiger partial charge in [-0.05, 0) is 24.3 Å². The lowest BCUT2D eigenvalue weighted by molar-refractivity contribution is -0.137. The van der Waals surface area contributed by atoms with E-state index >= 15 is 0 Å². The summed E-state index contributed by atoms with van der Waals surface area (Å²) in [4.78, 5) is 13.0. The number of anilines is 1. The molecule has 29 heavy (non-hydrogen) atoms. The zero-order valence-electron chi connectivity index (χ0n) is 15.2. The molecular formula is C19H17ClF3N5O. The third-order valence-electron chi connectivity index (χ3n) is 4.71. The molecule has 0 atom stereocenters. The van der Waals surface area contributed by atoms with Gasteiger partial charge in [0.25, 0.3) is 0 Å². The fourth-order valence-electron chi connectivity index (χ4n) is 3.13. The van der Waals surface area contributed by atoms with Crippen molar-refractivity contribution in [3.63, 3.8) is 0 Å². The van der Waals surface area contributed by atoms with Gasteiger partial charge in [-0.15, -0.1) is 0 Å². The molecule has 1 aliphatic heterocycles. The molecule has 0 N–H and O–H groups in total. The van der Waals surface area contributed by atoms with E-state index in [1.165, 1.54) is 12.1 Å². The van der Waals surface area contributed by atoms with Crippen LogP contribution in [0.15, 0.2) is 47.1 Å². The minimum atomic E-state index is -4.37. The van der Waals surface area contributed by atoms with Gasteiger partial charge >= 0.3 is 6.18 Å². The topological polar surface area (TPSA) is 58.3 Å². The van der Waals surface area contributed by atoms with Crippen LogP contribution in [-0.2, 0) is 12.7 Å². The van der Waals surface area contributed by atoms with Gasteiger partial charge in [0.15, 0.2) is 0 Å². The van der Waals surface area contributed by atoms with E-state index < -0.39 is 11.7 Å². The Morgan fingerprint density at radius 2 is 1.72 bits per heavy atom. The average Bonchev–Trinajstić information content (AvgIpc) is 3.17. The minimum Gasteiger partial charge on any atom is -0.354 e. The highest BCUT2D eigenvalue weighted by Crippen LogP contribution is 2.30. The van der Waals surface area contributed by atoms with Crippen molar-refractivity contribution in [3.05, 3.63) is 59.1 Å². The first kappa shape index (κ1) is 19.7. The second-order valence-corrected chi connectivity index (χ2v) is 7.12. The van der Waals surface area contributed by atoms with Crippen LogP contribution >= 0.6 is 11.6 Å². The summed E-state index contributed by atoms with van der Waals surface area (Å²) in [6, 6.07) is 8.42. The van der Waals surface area contributed by atoms with Gasteiger partial charge in [0.1, 0.15) is 5.82 Å². The van der Waals surface area contributed by atoms with Crippen molar-refractivity contribution in [2.24, 2.45) is 0 Å². The lowest BCUT2D eigenvalue weighted by atomic mass is 10.1. The monoisotopic (exact) mass is 423 g/mol. The molecule has 1 aliphatic rings. The smallest absolute Gasteiger partial charge is 0.354 e. The summed E-state index contributed by atoms with van der Waals surface area (Å²) in [6.45, 7) is 3.67. The summed E-state index contributed by atoms with van der Waals surface area (Å²) < 4.78 is 43.3. The zero-order chi connectivity index (χ0) is 20.4. The van der Waals surface area contributed by atoms with Crippen molar-refractivity contribution in [2.75, 3.05) is 31.1 Å². The molecule has 0 radical (unpaired) electrons. The van der Waals surface area contributed by atoms with Crippen LogP contribution in [0.1, 0.15) is 11.5 Å². The standard InChI is InChI=1S/C19H17ClF3N5O/c20-15-5-6-16(24-11-15)28-9-7-27(8-10-28)12-17-25-18(26-29-17)13-1-3-14(4-2-13)19(21,22)23/h1-6,11H,7-10,12H2. The Balaban J connectivity index is 1.34. The van der Waals surface area contributed by atoms with E-state index in [9.17, 15) is 13.2 Å². The lowest BCUT2D eigenvalue weighted by Gasteiger charge is -2.34. The van der Waals surface area contributed by atoms with E-state index in [2.05, 4.69) is 24.9 Å². The number of hydrogen-bond donors (Lipinski definition) is 0. The van der Waals surface area contributed by atoms with Crippen molar-refractivity contribution in [3.8, 4) is 11.4 Å². The van der Waals surface area contributed by atoms with Crippen LogP contribution in [0.5, 0.6) is 0 Å². The maximum Gasteiger partial charge on any atom is 0.416 e. The molecule has 152 valence electrons. The lowest BCUT2D eigenvalue weighted by Crippen LogP contribution is -2.46. The molecule has 0 unspecified atom stereocenters. The Labute approximate surface area is 169 Å². The first-order valence-corrected chi connectivity index (χ1v) is 9.35. The first-order chi connectivity index (χ1) is 13.9. The Morgan fingerprint density at radius 1 is 1.00 bits per heavy atom. The van der Waals surface area contributed by atoms with E-state index in [4.69, 9.17) is 16.1 Å². The summed E-state index contributed by atoms with van der Waals surface area (Å²) in [5.74, 6) is 1.59. The van der Waals surface area contributed by atoms with E-state index in [-0.39, 0.29) is 5.82 Å². The second-order valence-electron chi connectivity index (χ2n) is 6.68. The van der Waals surface area contributed by atoms with Crippen LogP contribution < -0.4 is 4.90 Å². The van der Waals surface area contributed by atoms with E-state index in [1.54, 1.807) is 6.20 Å². The average molecular weight is 424 g/mol. The number of benzene rings is 1. The zero-order valence-corrected chi connectivity index (χ0v) is 16.0. The SMILES string of the molecule is FC(F)(F)c1ccc(-c2noc(CN3CCN(c4ccc(Cl)cn4)CC3)n2)cc1. The molecule has 6 nitrogen and oxygen atoms in total. The van der Waals surface area contributed by atoms with Crippen molar-refractivity contribution < 1.29 is 17.7 Å². The van der Waals surface area contributed by atoms with Gasteiger partial charge in [-0.25, -0.2) is 4.98 Å². The Kier molecular flexibility index (Phi) is 5.42. The Hall–Kier alpha value is -2.65. The van der Waals surface area contributed by atoms with Crippen LogP contribution in [0, 0.1) is 0 Å². The van der Waals surface area contributed by atoms with Gasteiger partial charge in [0.05, 0.1) is 17.1 Å². The van der Waals surface area contributed by atoms with Crippen LogP contribution in [0.25, 0.3) is 11.4 Å². The maximum absolute atomic E-state index is 12.7. The second kappa shape index (κ2) is 8.00. The molecule has 3 aromatic rings. The molecule has 1 fully saturated rings.